The first-order valence-electron chi connectivity index (χ1n) is 11.3. The molecule has 1 aliphatic rings. The molecule has 0 unspecified atom stereocenters. The van der Waals surface area contributed by atoms with Crippen LogP contribution >= 0.6 is 11.3 Å². The van der Waals surface area contributed by atoms with Gasteiger partial charge in [-0.2, -0.15) is 0 Å². The van der Waals surface area contributed by atoms with E-state index in [9.17, 15) is 9.59 Å². The Labute approximate surface area is 196 Å². The average Bonchev–Trinajstić information content (AvgIpc) is 3.48. The second kappa shape index (κ2) is 8.87. The second-order valence-corrected chi connectivity index (χ2v) is 9.67. The van der Waals surface area contributed by atoms with Crippen LogP contribution in [0, 0.1) is 13.8 Å². The lowest BCUT2D eigenvalue weighted by Crippen LogP contribution is -2.27. The van der Waals surface area contributed by atoms with Crippen molar-refractivity contribution in [1.29, 1.82) is 0 Å². The first-order valence-corrected chi connectivity index (χ1v) is 12.1. The largest absolute Gasteiger partial charge is 0.451 e. The molecule has 6 heteroatoms. The summed E-state index contributed by atoms with van der Waals surface area (Å²) in [4.78, 5) is 27.5. The Hall–Kier alpha value is -3.38. The van der Waals surface area contributed by atoms with Crippen molar-refractivity contribution in [3.63, 3.8) is 0 Å². The van der Waals surface area contributed by atoms with Crippen molar-refractivity contribution < 1.29 is 14.0 Å². The SMILES string of the molecule is Cc1ccc2oc(C(=O)Nc3sc4c(c3C(=O)NCCc3ccccc3)CCC4)c(C)c2c1. The van der Waals surface area contributed by atoms with E-state index in [1.54, 1.807) is 0 Å². The van der Waals surface area contributed by atoms with Gasteiger partial charge < -0.3 is 15.1 Å². The summed E-state index contributed by atoms with van der Waals surface area (Å²) >= 11 is 1.51. The van der Waals surface area contributed by atoms with Gasteiger partial charge in [-0.1, -0.05) is 42.0 Å². The van der Waals surface area contributed by atoms with Crippen LogP contribution in [0.4, 0.5) is 5.00 Å². The molecule has 5 nitrogen and oxygen atoms in total. The quantitative estimate of drug-likeness (QED) is 0.382. The van der Waals surface area contributed by atoms with Crippen molar-refractivity contribution in [2.45, 2.75) is 39.5 Å². The number of amides is 2. The standard InChI is InChI=1S/C27H26N2O3S/c1-16-11-12-21-20(15-16)17(2)24(32-21)26(31)29-27-23(19-9-6-10-22(19)33-27)25(30)28-14-13-18-7-4-3-5-8-18/h3-5,7-8,11-12,15H,6,9-10,13-14H2,1-2H3,(H,28,30)(H,29,31). The number of anilines is 1. The van der Waals surface area contributed by atoms with E-state index in [1.807, 2.05) is 50.2 Å². The fraction of sp³-hybridized carbons (Fsp3) is 0.259. The molecule has 0 bridgehead atoms. The van der Waals surface area contributed by atoms with Crippen molar-refractivity contribution in [3.05, 3.63) is 87.0 Å². The molecule has 4 aromatic rings. The molecule has 2 aromatic carbocycles. The second-order valence-electron chi connectivity index (χ2n) is 8.56. The van der Waals surface area contributed by atoms with Crippen LogP contribution in [0.15, 0.2) is 52.9 Å². The number of rotatable bonds is 6. The summed E-state index contributed by atoms with van der Waals surface area (Å²) < 4.78 is 5.87. The summed E-state index contributed by atoms with van der Waals surface area (Å²) in [6.45, 7) is 4.45. The van der Waals surface area contributed by atoms with Crippen LogP contribution in [0.3, 0.4) is 0 Å². The number of thiophene rings is 1. The van der Waals surface area contributed by atoms with Gasteiger partial charge in [0.2, 0.25) is 0 Å². The van der Waals surface area contributed by atoms with Crippen LogP contribution in [0.2, 0.25) is 0 Å². The van der Waals surface area contributed by atoms with Gasteiger partial charge in [0.05, 0.1) is 5.56 Å². The highest BCUT2D eigenvalue weighted by molar-refractivity contribution is 7.17. The van der Waals surface area contributed by atoms with Crippen molar-refractivity contribution in [3.8, 4) is 0 Å². The number of fused-ring (bicyclic) bond motifs is 2. The first kappa shape index (κ1) is 21.5. The smallest absolute Gasteiger partial charge is 0.292 e. The predicted octanol–water partition coefficient (Wildman–Crippen LogP) is 5.82. The van der Waals surface area contributed by atoms with Crippen molar-refractivity contribution >= 4 is 39.1 Å². The molecule has 0 radical (unpaired) electrons. The molecule has 0 spiro atoms. The van der Waals surface area contributed by atoms with Gasteiger partial charge in [0.1, 0.15) is 10.6 Å². The molecule has 0 saturated heterocycles. The maximum absolute atomic E-state index is 13.2. The van der Waals surface area contributed by atoms with Crippen molar-refractivity contribution in [2.24, 2.45) is 0 Å². The molecule has 33 heavy (non-hydrogen) atoms. The summed E-state index contributed by atoms with van der Waals surface area (Å²) in [5.41, 5.74) is 5.47. The third kappa shape index (κ3) is 4.18. The van der Waals surface area contributed by atoms with E-state index in [2.05, 4.69) is 22.8 Å². The van der Waals surface area contributed by atoms with Gasteiger partial charge >= 0.3 is 0 Å². The third-order valence-corrected chi connectivity index (χ3v) is 7.42. The maximum atomic E-state index is 13.2. The van der Waals surface area contributed by atoms with Crippen LogP contribution in [0.1, 0.15) is 54.5 Å². The van der Waals surface area contributed by atoms with E-state index >= 15 is 0 Å². The molecule has 0 atom stereocenters. The molecule has 0 aliphatic heterocycles. The van der Waals surface area contributed by atoms with Crippen molar-refractivity contribution in [1.82, 2.24) is 5.32 Å². The molecule has 0 saturated carbocycles. The Balaban J connectivity index is 1.37. The summed E-state index contributed by atoms with van der Waals surface area (Å²) in [6.07, 6.45) is 3.62. The lowest BCUT2D eigenvalue weighted by molar-refractivity contribution is 0.0954. The highest BCUT2D eigenvalue weighted by atomic mass is 32.1. The van der Waals surface area contributed by atoms with Gasteiger partial charge in [0.25, 0.3) is 11.8 Å². The number of hydrogen-bond acceptors (Lipinski definition) is 4. The minimum Gasteiger partial charge on any atom is -0.451 e. The van der Waals surface area contributed by atoms with Crippen LogP contribution in [-0.2, 0) is 19.3 Å². The molecule has 2 amide bonds. The maximum Gasteiger partial charge on any atom is 0.292 e. The van der Waals surface area contributed by atoms with E-state index in [0.717, 1.165) is 47.8 Å². The number of carbonyl (C=O) groups excluding carboxylic acids is 2. The summed E-state index contributed by atoms with van der Waals surface area (Å²) in [5, 5.41) is 7.58. The minimum absolute atomic E-state index is 0.127. The predicted molar refractivity (Wildman–Crippen MR) is 132 cm³/mol. The lowest BCUT2D eigenvalue weighted by atomic mass is 10.1. The van der Waals surface area contributed by atoms with E-state index < -0.39 is 0 Å². The van der Waals surface area contributed by atoms with E-state index in [-0.39, 0.29) is 11.8 Å². The summed E-state index contributed by atoms with van der Waals surface area (Å²) in [6, 6.07) is 16.0. The topological polar surface area (TPSA) is 71.3 Å². The molecule has 5 rings (SSSR count). The first-order chi connectivity index (χ1) is 16.0. The number of furan rings is 1. The van der Waals surface area contributed by atoms with Crippen LogP contribution < -0.4 is 10.6 Å². The van der Waals surface area contributed by atoms with E-state index in [0.29, 0.717) is 28.5 Å². The van der Waals surface area contributed by atoms with Gasteiger partial charge in [0, 0.05) is 22.4 Å². The Kier molecular flexibility index (Phi) is 5.77. The molecule has 2 heterocycles. The molecular weight excluding hydrogens is 432 g/mol. The Morgan fingerprint density at radius 3 is 2.67 bits per heavy atom. The Morgan fingerprint density at radius 2 is 1.85 bits per heavy atom. The zero-order valence-electron chi connectivity index (χ0n) is 18.8. The number of nitrogens with one attached hydrogen (secondary N) is 2. The number of hydrogen-bond donors (Lipinski definition) is 2. The molecule has 168 valence electrons. The van der Waals surface area contributed by atoms with Crippen LogP contribution in [-0.4, -0.2) is 18.4 Å². The zero-order chi connectivity index (χ0) is 22.9. The van der Waals surface area contributed by atoms with Crippen molar-refractivity contribution in [2.75, 3.05) is 11.9 Å². The number of carbonyl (C=O) groups is 2. The molecule has 1 aliphatic carbocycles. The van der Waals surface area contributed by atoms with E-state index in [1.165, 1.54) is 21.8 Å². The van der Waals surface area contributed by atoms with Crippen LogP contribution in [0.25, 0.3) is 11.0 Å². The van der Waals surface area contributed by atoms with Gasteiger partial charge in [-0.15, -0.1) is 11.3 Å². The van der Waals surface area contributed by atoms with Gasteiger partial charge in [-0.25, -0.2) is 0 Å². The van der Waals surface area contributed by atoms with Gasteiger partial charge in [-0.05, 0) is 62.8 Å². The Bertz CT molecular complexity index is 1350. The van der Waals surface area contributed by atoms with Gasteiger partial charge in [-0.3, -0.25) is 9.59 Å². The highest BCUT2D eigenvalue weighted by Gasteiger charge is 2.28. The monoisotopic (exact) mass is 458 g/mol. The third-order valence-electron chi connectivity index (χ3n) is 6.22. The number of aryl methyl sites for hydroxylation is 3. The minimum atomic E-state index is -0.320. The zero-order valence-corrected chi connectivity index (χ0v) is 19.6. The van der Waals surface area contributed by atoms with Gasteiger partial charge in [0.15, 0.2) is 5.76 Å². The molecule has 0 fully saturated rings. The fourth-order valence-corrected chi connectivity index (χ4v) is 5.78. The highest BCUT2D eigenvalue weighted by Crippen LogP contribution is 2.39. The molecular formula is C27H26N2O3S. The van der Waals surface area contributed by atoms with Crippen LogP contribution in [0.5, 0.6) is 0 Å². The number of benzene rings is 2. The summed E-state index contributed by atoms with van der Waals surface area (Å²) in [7, 11) is 0. The molecule has 2 aromatic heterocycles. The fourth-order valence-electron chi connectivity index (χ4n) is 4.50. The molecule has 2 N–H and O–H groups in total. The van der Waals surface area contributed by atoms with E-state index in [4.69, 9.17) is 4.42 Å². The lowest BCUT2D eigenvalue weighted by Gasteiger charge is -2.09. The Morgan fingerprint density at radius 1 is 1.03 bits per heavy atom. The summed E-state index contributed by atoms with van der Waals surface area (Å²) in [5.74, 6) is -0.156. The average molecular weight is 459 g/mol. The normalized spacial score (nSPS) is 12.7.